The molecule has 0 saturated carbocycles. The Morgan fingerprint density at radius 2 is 2.11 bits per heavy atom. The number of nitrogens with zero attached hydrogens (tertiary/aromatic N) is 2. The van der Waals surface area contributed by atoms with Gasteiger partial charge in [0.05, 0.1) is 5.75 Å². The van der Waals surface area contributed by atoms with Crippen LogP contribution in [-0.4, -0.2) is 70.2 Å². The first-order valence-corrected chi connectivity index (χ1v) is 8.88. The molecule has 1 spiro atoms. The Morgan fingerprint density at radius 1 is 1.32 bits per heavy atom. The van der Waals surface area contributed by atoms with Gasteiger partial charge in [-0.3, -0.25) is 0 Å². The van der Waals surface area contributed by atoms with Gasteiger partial charge in [0.25, 0.3) is 0 Å². The fourth-order valence-corrected chi connectivity index (χ4v) is 4.16. The lowest BCUT2D eigenvalue weighted by Gasteiger charge is -2.40. The van der Waals surface area contributed by atoms with E-state index in [4.69, 9.17) is 0 Å². The van der Waals surface area contributed by atoms with Crippen LogP contribution in [0.5, 0.6) is 0 Å². The summed E-state index contributed by atoms with van der Waals surface area (Å²) in [5, 5.41) is 3.47. The normalized spacial score (nSPS) is 29.4. The molecule has 112 valence electrons. The molecule has 1 unspecified atom stereocenters. The highest BCUT2D eigenvalue weighted by molar-refractivity contribution is 7.89. The van der Waals surface area contributed by atoms with Crippen molar-refractivity contribution in [3.8, 4) is 0 Å². The molecule has 2 saturated heterocycles. The molecule has 5 nitrogen and oxygen atoms in total. The van der Waals surface area contributed by atoms with Crippen LogP contribution in [-0.2, 0) is 10.0 Å². The smallest absolute Gasteiger partial charge is 0.213 e. The second kappa shape index (κ2) is 6.08. The first-order chi connectivity index (χ1) is 8.94. The van der Waals surface area contributed by atoms with E-state index in [1.54, 1.807) is 14.1 Å². The van der Waals surface area contributed by atoms with Gasteiger partial charge >= 0.3 is 0 Å². The molecule has 6 heteroatoms. The maximum Gasteiger partial charge on any atom is 0.213 e. The number of rotatable bonds is 5. The van der Waals surface area contributed by atoms with E-state index in [9.17, 15) is 8.42 Å². The number of likely N-dealkylation sites (tertiary alicyclic amines) is 1. The van der Waals surface area contributed by atoms with E-state index in [0.29, 0.717) is 5.41 Å². The lowest BCUT2D eigenvalue weighted by Crippen LogP contribution is -2.45. The number of piperidine rings is 1. The minimum Gasteiger partial charge on any atom is -0.316 e. The maximum atomic E-state index is 11.7. The van der Waals surface area contributed by atoms with Gasteiger partial charge in [-0.05, 0) is 50.7 Å². The first kappa shape index (κ1) is 15.2. The Kier molecular flexibility index (Phi) is 4.87. The molecule has 2 aliphatic heterocycles. The van der Waals surface area contributed by atoms with Crippen LogP contribution in [0.1, 0.15) is 25.7 Å². The molecule has 1 atom stereocenters. The van der Waals surface area contributed by atoms with Crippen LogP contribution < -0.4 is 5.32 Å². The molecule has 2 aliphatic rings. The van der Waals surface area contributed by atoms with Crippen molar-refractivity contribution < 1.29 is 8.42 Å². The summed E-state index contributed by atoms with van der Waals surface area (Å²) in [4.78, 5) is 2.46. The molecule has 2 fully saturated rings. The fourth-order valence-electron chi connectivity index (χ4n) is 3.30. The van der Waals surface area contributed by atoms with Crippen LogP contribution in [0.25, 0.3) is 0 Å². The Bertz CT molecular complexity index is 389. The Labute approximate surface area is 117 Å². The minimum absolute atomic E-state index is 0.266. The van der Waals surface area contributed by atoms with E-state index in [-0.39, 0.29) is 5.75 Å². The zero-order valence-corrected chi connectivity index (χ0v) is 13.0. The largest absolute Gasteiger partial charge is 0.316 e. The lowest BCUT2D eigenvalue weighted by atomic mass is 9.79. The summed E-state index contributed by atoms with van der Waals surface area (Å²) >= 11 is 0. The highest BCUT2D eigenvalue weighted by atomic mass is 32.2. The van der Waals surface area contributed by atoms with E-state index < -0.39 is 10.0 Å². The van der Waals surface area contributed by atoms with Crippen molar-refractivity contribution in [1.82, 2.24) is 14.5 Å². The number of hydrogen-bond acceptors (Lipinski definition) is 4. The van der Waals surface area contributed by atoms with Gasteiger partial charge in [0.15, 0.2) is 0 Å². The second-order valence-corrected chi connectivity index (χ2v) is 8.56. The van der Waals surface area contributed by atoms with Gasteiger partial charge < -0.3 is 10.2 Å². The van der Waals surface area contributed by atoms with Crippen molar-refractivity contribution in [3.63, 3.8) is 0 Å². The molecule has 19 heavy (non-hydrogen) atoms. The van der Waals surface area contributed by atoms with Crippen LogP contribution in [0.2, 0.25) is 0 Å². The summed E-state index contributed by atoms with van der Waals surface area (Å²) in [6, 6.07) is 0. The fraction of sp³-hybridized carbons (Fsp3) is 1.00. The van der Waals surface area contributed by atoms with E-state index in [1.165, 1.54) is 23.6 Å². The summed E-state index contributed by atoms with van der Waals surface area (Å²) in [6.07, 6.45) is 4.60. The van der Waals surface area contributed by atoms with Gasteiger partial charge in [-0.15, -0.1) is 0 Å². The van der Waals surface area contributed by atoms with Gasteiger partial charge in [0, 0.05) is 27.2 Å². The van der Waals surface area contributed by atoms with Crippen LogP contribution in [0, 0.1) is 5.41 Å². The number of nitrogens with one attached hydrogen (secondary N) is 1. The minimum atomic E-state index is -3.03. The molecule has 0 aromatic rings. The lowest BCUT2D eigenvalue weighted by molar-refractivity contribution is 0.104. The van der Waals surface area contributed by atoms with Crippen molar-refractivity contribution in [2.45, 2.75) is 25.7 Å². The highest BCUT2D eigenvalue weighted by Crippen LogP contribution is 2.35. The van der Waals surface area contributed by atoms with Crippen molar-refractivity contribution in [1.29, 1.82) is 0 Å². The third-order valence-electron chi connectivity index (χ3n) is 4.51. The molecule has 2 rings (SSSR count). The topological polar surface area (TPSA) is 52.7 Å². The van der Waals surface area contributed by atoms with Gasteiger partial charge in [-0.2, -0.15) is 0 Å². The van der Waals surface area contributed by atoms with Crippen molar-refractivity contribution >= 4 is 10.0 Å². The van der Waals surface area contributed by atoms with E-state index in [2.05, 4.69) is 10.2 Å². The molecule has 0 aromatic carbocycles. The van der Waals surface area contributed by atoms with Gasteiger partial charge in [-0.25, -0.2) is 12.7 Å². The summed E-state index contributed by atoms with van der Waals surface area (Å²) in [5.41, 5.74) is 0.471. The van der Waals surface area contributed by atoms with Gasteiger partial charge in [-0.1, -0.05) is 0 Å². The quantitative estimate of drug-likeness (QED) is 0.793. The average Bonchev–Trinajstić information content (AvgIpc) is 2.77. The van der Waals surface area contributed by atoms with E-state index in [0.717, 1.165) is 39.1 Å². The van der Waals surface area contributed by atoms with Crippen LogP contribution in [0.3, 0.4) is 0 Å². The number of sulfonamides is 1. The van der Waals surface area contributed by atoms with E-state index >= 15 is 0 Å². The Morgan fingerprint density at radius 3 is 2.74 bits per heavy atom. The molecule has 0 bridgehead atoms. The molecule has 1 N–H and O–H groups in total. The van der Waals surface area contributed by atoms with E-state index in [1.807, 2.05) is 0 Å². The summed E-state index contributed by atoms with van der Waals surface area (Å²) in [5.74, 6) is 0.266. The molecule has 0 amide bonds. The summed E-state index contributed by atoms with van der Waals surface area (Å²) in [7, 11) is 0.181. The van der Waals surface area contributed by atoms with Crippen LogP contribution in [0.4, 0.5) is 0 Å². The SMILES string of the molecule is CN(C)S(=O)(=O)CCCN1CCCC2(CCNC2)C1. The van der Waals surface area contributed by atoms with Crippen molar-refractivity contribution in [3.05, 3.63) is 0 Å². The average molecular weight is 289 g/mol. The standard InChI is InChI=1S/C13H27N3O2S/c1-15(2)19(17,18)10-4-9-16-8-3-5-13(12-16)6-7-14-11-13/h14H,3-12H2,1-2H3. The Balaban J connectivity index is 1.77. The second-order valence-electron chi connectivity index (χ2n) is 6.26. The molecule has 0 aliphatic carbocycles. The van der Waals surface area contributed by atoms with Gasteiger partial charge in [0.2, 0.25) is 10.0 Å². The Hall–Kier alpha value is -0.170. The molecular weight excluding hydrogens is 262 g/mol. The predicted octanol–water partition coefficient (Wildman–Crippen LogP) is 0.343. The monoisotopic (exact) mass is 289 g/mol. The third-order valence-corrected chi connectivity index (χ3v) is 6.42. The highest BCUT2D eigenvalue weighted by Gasteiger charge is 2.37. The maximum absolute atomic E-state index is 11.7. The first-order valence-electron chi connectivity index (χ1n) is 7.27. The van der Waals surface area contributed by atoms with Crippen molar-refractivity contribution in [2.75, 3.05) is 52.6 Å². The van der Waals surface area contributed by atoms with Crippen LogP contribution in [0.15, 0.2) is 0 Å². The molecular formula is C13H27N3O2S. The number of hydrogen-bond donors (Lipinski definition) is 1. The molecule has 2 heterocycles. The van der Waals surface area contributed by atoms with Crippen molar-refractivity contribution in [2.24, 2.45) is 5.41 Å². The summed E-state index contributed by atoms with van der Waals surface area (Å²) < 4.78 is 24.8. The van der Waals surface area contributed by atoms with Crippen LogP contribution >= 0.6 is 0 Å². The summed E-state index contributed by atoms with van der Waals surface area (Å²) in [6.45, 7) is 5.46. The van der Waals surface area contributed by atoms with Gasteiger partial charge in [0.1, 0.15) is 0 Å². The molecule has 0 aromatic heterocycles. The molecule has 0 radical (unpaired) electrons. The zero-order chi connectivity index (χ0) is 13.9. The zero-order valence-electron chi connectivity index (χ0n) is 12.2. The third kappa shape index (κ3) is 3.90. The predicted molar refractivity (Wildman–Crippen MR) is 77.7 cm³/mol.